The van der Waals surface area contributed by atoms with Crippen LogP contribution in [0.3, 0.4) is 0 Å². The molecule has 7 heteroatoms. The number of amides is 1. The number of benzene rings is 1. The number of aromatic nitrogens is 4. The molecule has 0 saturated heterocycles. The standard InChI is InChI=1S/C16H17N5O2/c1-10(2)13(18-15(22)12-8-9-17-20-12)16-19-14(21-23-16)11-6-4-3-5-7-11/h3-10,13H,1-2H3,(H,17,20)(H,18,22)/t13-/m1/s1. The first kappa shape index (κ1) is 15.0. The summed E-state index contributed by atoms with van der Waals surface area (Å²) in [5.41, 5.74) is 1.25. The number of rotatable bonds is 5. The van der Waals surface area contributed by atoms with E-state index in [1.165, 1.54) is 6.20 Å². The van der Waals surface area contributed by atoms with Gasteiger partial charge in [0, 0.05) is 11.8 Å². The molecule has 0 aliphatic heterocycles. The lowest BCUT2D eigenvalue weighted by molar-refractivity contribution is 0.0909. The van der Waals surface area contributed by atoms with Crippen molar-refractivity contribution in [3.05, 3.63) is 54.2 Å². The minimum atomic E-state index is -0.379. The second-order valence-electron chi connectivity index (χ2n) is 5.49. The van der Waals surface area contributed by atoms with Crippen LogP contribution in [0.15, 0.2) is 47.1 Å². The van der Waals surface area contributed by atoms with Gasteiger partial charge in [-0.05, 0) is 12.0 Å². The summed E-state index contributed by atoms with van der Waals surface area (Å²) < 4.78 is 5.36. The SMILES string of the molecule is CC(C)[C@@H](NC(=O)c1ccn[nH]1)c1nc(-c2ccccc2)no1. The van der Waals surface area contributed by atoms with Crippen LogP contribution in [-0.2, 0) is 0 Å². The lowest BCUT2D eigenvalue weighted by Crippen LogP contribution is -2.32. The molecule has 2 heterocycles. The second-order valence-corrected chi connectivity index (χ2v) is 5.49. The number of hydrogen-bond acceptors (Lipinski definition) is 5. The minimum absolute atomic E-state index is 0.0888. The monoisotopic (exact) mass is 311 g/mol. The molecule has 1 amide bonds. The van der Waals surface area contributed by atoms with Gasteiger partial charge >= 0.3 is 0 Å². The van der Waals surface area contributed by atoms with Crippen molar-refractivity contribution in [2.45, 2.75) is 19.9 Å². The van der Waals surface area contributed by atoms with Gasteiger partial charge in [-0.15, -0.1) is 0 Å². The summed E-state index contributed by atoms with van der Waals surface area (Å²) in [7, 11) is 0. The van der Waals surface area contributed by atoms with E-state index in [2.05, 4.69) is 25.7 Å². The predicted molar refractivity (Wildman–Crippen MR) is 83.4 cm³/mol. The largest absolute Gasteiger partial charge is 0.339 e. The van der Waals surface area contributed by atoms with E-state index in [-0.39, 0.29) is 17.9 Å². The van der Waals surface area contributed by atoms with Gasteiger partial charge in [0.2, 0.25) is 11.7 Å². The van der Waals surface area contributed by atoms with Crippen molar-refractivity contribution in [1.82, 2.24) is 25.7 Å². The predicted octanol–water partition coefficient (Wildman–Crippen LogP) is 2.59. The Kier molecular flexibility index (Phi) is 4.18. The number of nitrogens with one attached hydrogen (secondary N) is 2. The highest BCUT2D eigenvalue weighted by molar-refractivity contribution is 5.92. The molecule has 3 aromatic rings. The highest BCUT2D eigenvalue weighted by atomic mass is 16.5. The summed E-state index contributed by atoms with van der Waals surface area (Å²) in [5, 5.41) is 13.3. The van der Waals surface area contributed by atoms with Crippen molar-refractivity contribution < 1.29 is 9.32 Å². The highest BCUT2D eigenvalue weighted by Gasteiger charge is 2.25. The third-order valence-corrected chi connectivity index (χ3v) is 3.44. The van der Waals surface area contributed by atoms with Crippen LogP contribution in [0.2, 0.25) is 0 Å². The molecule has 0 fully saturated rings. The molecule has 0 aliphatic rings. The molecular formula is C16H17N5O2. The molecule has 1 atom stereocenters. The fourth-order valence-electron chi connectivity index (χ4n) is 2.18. The zero-order valence-corrected chi connectivity index (χ0v) is 12.9. The Hall–Kier alpha value is -2.96. The van der Waals surface area contributed by atoms with E-state index in [4.69, 9.17) is 4.52 Å². The number of hydrogen-bond donors (Lipinski definition) is 2. The lowest BCUT2D eigenvalue weighted by atomic mass is 10.0. The van der Waals surface area contributed by atoms with Gasteiger partial charge in [0.05, 0.1) is 0 Å². The molecule has 0 aliphatic carbocycles. The highest BCUT2D eigenvalue weighted by Crippen LogP contribution is 2.23. The van der Waals surface area contributed by atoms with E-state index in [1.54, 1.807) is 6.07 Å². The Labute approximate surface area is 133 Å². The van der Waals surface area contributed by atoms with Crippen molar-refractivity contribution in [3.8, 4) is 11.4 Å². The third kappa shape index (κ3) is 3.28. The summed E-state index contributed by atoms with van der Waals surface area (Å²) in [6.45, 7) is 3.95. The van der Waals surface area contributed by atoms with Crippen molar-refractivity contribution >= 4 is 5.91 Å². The van der Waals surface area contributed by atoms with Crippen molar-refractivity contribution in [1.29, 1.82) is 0 Å². The first-order valence-corrected chi connectivity index (χ1v) is 7.34. The maximum atomic E-state index is 12.2. The van der Waals surface area contributed by atoms with Gasteiger partial charge in [0.25, 0.3) is 5.91 Å². The average Bonchev–Trinajstić information content (AvgIpc) is 3.24. The Bertz CT molecular complexity index is 765. The van der Waals surface area contributed by atoms with Gasteiger partial charge < -0.3 is 9.84 Å². The maximum Gasteiger partial charge on any atom is 0.269 e. The van der Waals surface area contributed by atoms with Crippen molar-refractivity contribution in [2.75, 3.05) is 0 Å². The Morgan fingerprint density at radius 3 is 2.65 bits per heavy atom. The first-order valence-electron chi connectivity index (χ1n) is 7.34. The van der Waals surface area contributed by atoms with Crippen LogP contribution in [0.25, 0.3) is 11.4 Å². The first-order chi connectivity index (χ1) is 11.1. The Balaban J connectivity index is 1.82. The Morgan fingerprint density at radius 2 is 2.00 bits per heavy atom. The van der Waals surface area contributed by atoms with Crippen LogP contribution in [0.4, 0.5) is 0 Å². The fourth-order valence-corrected chi connectivity index (χ4v) is 2.18. The molecule has 0 unspecified atom stereocenters. The summed E-state index contributed by atoms with van der Waals surface area (Å²) in [6, 6.07) is 10.8. The maximum absolute atomic E-state index is 12.2. The van der Waals surface area contributed by atoms with Crippen LogP contribution < -0.4 is 5.32 Å². The zero-order chi connectivity index (χ0) is 16.2. The van der Waals surface area contributed by atoms with E-state index < -0.39 is 0 Å². The van der Waals surface area contributed by atoms with Crippen molar-refractivity contribution in [2.24, 2.45) is 5.92 Å². The number of carbonyl (C=O) groups is 1. The van der Waals surface area contributed by atoms with Gasteiger partial charge in [-0.1, -0.05) is 49.3 Å². The molecule has 118 valence electrons. The lowest BCUT2D eigenvalue weighted by Gasteiger charge is -2.17. The van der Waals surface area contributed by atoms with E-state index in [0.29, 0.717) is 17.4 Å². The average molecular weight is 311 g/mol. The summed E-state index contributed by atoms with van der Waals surface area (Å²) in [6.07, 6.45) is 1.53. The summed E-state index contributed by atoms with van der Waals surface area (Å²) in [4.78, 5) is 16.6. The molecule has 0 saturated carbocycles. The Morgan fingerprint density at radius 1 is 1.22 bits per heavy atom. The molecule has 2 aromatic heterocycles. The smallest absolute Gasteiger partial charge is 0.269 e. The van der Waals surface area contributed by atoms with Crippen molar-refractivity contribution in [3.63, 3.8) is 0 Å². The van der Waals surface area contributed by atoms with Gasteiger partial charge in [-0.3, -0.25) is 9.89 Å². The quantitative estimate of drug-likeness (QED) is 0.755. The van der Waals surface area contributed by atoms with Crippen LogP contribution in [0, 0.1) is 5.92 Å². The van der Waals surface area contributed by atoms with Gasteiger partial charge in [0.15, 0.2) is 0 Å². The van der Waals surface area contributed by atoms with E-state index >= 15 is 0 Å². The fraction of sp³-hybridized carbons (Fsp3) is 0.250. The molecule has 1 aromatic carbocycles. The molecule has 0 spiro atoms. The van der Waals surface area contributed by atoms with Gasteiger partial charge in [0.1, 0.15) is 11.7 Å². The number of aromatic amines is 1. The normalized spacial score (nSPS) is 12.3. The molecule has 7 nitrogen and oxygen atoms in total. The zero-order valence-electron chi connectivity index (χ0n) is 12.9. The minimum Gasteiger partial charge on any atom is -0.339 e. The van der Waals surface area contributed by atoms with Crippen LogP contribution in [0.1, 0.15) is 36.3 Å². The second kappa shape index (κ2) is 6.43. The summed E-state index contributed by atoms with van der Waals surface area (Å²) >= 11 is 0. The molecule has 23 heavy (non-hydrogen) atoms. The number of carbonyl (C=O) groups excluding carboxylic acids is 1. The van der Waals surface area contributed by atoms with Gasteiger partial charge in [-0.25, -0.2) is 0 Å². The van der Waals surface area contributed by atoms with E-state index in [0.717, 1.165) is 5.56 Å². The van der Waals surface area contributed by atoms with Crippen LogP contribution >= 0.6 is 0 Å². The topological polar surface area (TPSA) is 96.7 Å². The van der Waals surface area contributed by atoms with Gasteiger partial charge in [-0.2, -0.15) is 10.1 Å². The third-order valence-electron chi connectivity index (χ3n) is 3.44. The summed E-state index contributed by atoms with van der Waals surface area (Å²) in [5.74, 6) is 0.709. The molecule has 3 rings (SSSR count). The molecule has 2 N–H and O–H groups in total. The molecular weight excluding hydrogens is 294 g/mol. The van der Waals surface area contributed by atoms with E-state index in [1.807, 2.05) is 44.2 Å². The number of H-pyrrole nitrogens is 1. The number of nitrogens with zero attached hydrogens (tertiary/aromatic N) is 3. The van der Waals surface area contributed by atoms with Crippen LogP contribution in [-0.4, -0.2) is 26.2 Å². The molecule has 0 radical (unpaired) electrons. The molecule has 0 bridgehead atoms. The van der Waals surface area contributed by atoms with Crippen LogP contribution in [0.5, 0.6) is 0 Å². The van der Waals surface area contributed by atoms with E-state index in [9.17, 15) is 4.79 Å².